The van der Waals surface area contributed by atoms with Crippen LogP contribution < -0.4 is 0 Å². The minimum absolute atomic E-state index is 0. The molecule has 21 heavy (non-hydrogen) atoms. The minimum atomic E-state index is -0.951. The van der Waals surface area contributed by atoms with Gasteiger partial charge in [0.2, 0.25) is 0 Å². The molecule has 0 bridgehead atoms. The highest BCUT2D eigenvalue weighted by atomic mass is 35.5. The van der Waals surface area contributed by atoms with E-state index in [9.17, 15) is 4.79 Å². The summed E-state index contributed by atoms with van der Waals surface area (Å²) in [6.07, 6.45) is 5.21. The van der Waals surface area contributed by atoms with Crippen molar-refractivity contribution < 1.29 is 9.90 Å². The van der Waals surface area contributed by atoms with Gasteiger partial charge in [-0.2, -0.15) is 5.10 Å². The van der Waals surface area contributed by atoms with Crippen LogP contribution >= 0.6 is 12.4 Å². The highest BCUT2D eigenvalue weighted by Crippen LogP contribution is 2.29. The van der Waals surface area contributed by atoms with Gasteiger partial charge in [-0.25, -0.2) is 4.79 Å². The van der Waals surface area contributed by atoms with Crippen molar-refractivity contribution in [3.05, 3.63) is 60.6 Å². The molecule has 0 aliphatic heterocycles. The van der Waals surface area contributed by atoms with Crippen molar-refractivity contribution in [3.8, 4) is 22.4 Å². The first kappa shape index (κ1) is 14.7. The lowest BCUT2D eigenvalue weighted by atomic mass is 10.0. The van der Waals surface area contributed by atoms with Crippen LogP contribution in [0.4, 0.5) is 0 Å². The van der Waals surface area contributed by atoms with Crippen LogP contribution in [0.25, 0.3) is 22.4 Å². The van der Waals surface area contributed by atoms with E-state index in [0.29, 0.717) is 0 Å². The first-order valence-corrected chi connectivity index (χ1v) is 6.03. The molecule has 5 nitrogen and oxygen atoms in total. The number of benzene rings is 1. The number of aromatic nitrogens is 3. The fourth-order valence-corrected chi connectivity index (χ4v) is 2.06. The highest BCUT2D eigenvalue weighted by Gasteiger charge is 2.12. The standard InChI is InChI=1S/C15H11N3O2.ClH/c19-15(20)12-3-1-2-11(8-12)14-13(9-17-18-14)10-4-6-16-7-5-10;/h1-9H,(H,17,18)(H,19,20);1H. The van der Waals surface area contributed by atoms with Gasteiger partial charge in [0.05, 0.1) is 11.3 Å². The summed E-state index contributed by atoms with van der Waals surface area (Å²) in [5.41, 5.74) is 3.61. The molecule has 3 rings (SSSR count). The van der Waals surface area contributed by atoms with Crippen molar-refractivity contribution in [2.24, 2.45) is 0 Å². The van der Waals surface area contributed by atoms with E-state index >= 15 is 0 Å². The summed E-state index contributed by atoms with van der Waals surface area (Å²) >= 11 is 0. The van der Waals surface area contributed by atoms with E-state index in [1.165, 1.54) is 0 Å². The molecule has 0 radical (unpaired) electrons. The van der Waals surface area contributed by atoms with Crippen molar-refractivity contribution in [1.29, 1.82) is 0 Å². The van der Waals surface area contributed by atoms with E-state index in [1.54, 1.807) is 36.8 Å². The number of nitrogens with zero attached hydrogens (tertiary/aromatic N) is 2. The molecular formula is C15H12ClN3O2. The Kier molecular flexibility index (Phi) is 4.35. The molecule has 2 aromatic heterocycles. The van der Waals surface area contributed by atoms with Gasteiger partial charge in [0.25, 0.3) is 0 Å². The van der Waals surface area contributed by atoms with Gasteiger partial charge in [-0.3, -0.25) is 10.1 Å². The van der Waals surface area contributed by atoms with E-state index in [-0.39, 0.29) is 18.0 Å². The highest BCUT2D eigenvalue weighted by molar-refractivity contribution is 5.90. The van der Waals surface area contributed by atoms with Gasteiger partial charge in [-0.1, -0.05) is 12.1 Å². The van der Waals surface area contributed by atoms with Crippen molar-refractivity contribution in [2.75, 3.05) is 0 Å². The van der Waals surface area contributed by atoms with Gasteiger partial charge in [0, 0.05) is 29.7 Å². The Morgan fingerprint density at radius 2 is 1.86 bits per heavy atom. The van der Waals surface area contributed by atoms with Crippen LogP contribution in [0.2, 0.25) is 0 Å². The molecule has 6 heteroatoms. The normalized spacial score (nSPS) is 9.90. The molecule has 0 aliphatic rings. The molecule has 0 saturated carbocycles. The Morgan fingerprint density at radius 1 is 1.10 bits per heavy atom. The summed E-state index contributed by atoms with van der Waals surface area (Å²) in [5.74, 6) is -0.951. The number of halogens is 1. The molecule has 2 heterocycles. The summed E-state index contributed by atoms with van der Waals surface area (Å²) in [7, 11) is 0. The fraction of sp³-hybridized carbons (Fsp3) is 0. The molecular weight excluding hydrogens is 290 g/mol. The number of aromatic amines is 1. The van der Waals surface area contributed by atoms with Crippen LogP contribution in [0.1, 0.15) is 10.4 Å². The maximum atomic E-state index is 11.0. The zero-order chi connectivity index (χ0) is 13.9. The van der Waals surface area contributed by atoms with Crippen molar-refractivity contribution in [1.82, 2.24) is 15.2 Å². The third-order valence-corrected chi connectivity index (χ3v) is 3.01. The molecule has 1 aromatic carbocycles. The van der Waals surface area contributed by atoms with Crippen LogP contribution in [0, 0.1) is 0 Å². The maximum Gasteiger partial charge on any atom is 0.335 e. The first-order valence-electron chi connectivity index (χ1n) is 6.03. The number of aromatic carboxylic acids is 1. The van der Waals surface area contributed by atoms with Crippen molar-refractivity contribution in [3.63, 3.8) is 0 Å². The smallest absolute Gasteiger partial charge is 0.335 e. The van der Waals surface area contributed by atoms with Gasteiger partial charge in [-0.05, 0) is 29.8 Å². The molecule has 0 unspecified atom stereocenters. The number of rotatable bonds is 3. The molecule has 0 saturated heterocycles. The molecule has 0 aliphatic carbocycles. The number of H-pyrrole nitrogens is 1. The second kappa shape index (κ2) is 6.19. The minimum Gasteiger partial charge on any atom is -0.478 e. The number of hydrogen-bond donors (Lipinski definition) is 2. The largest absolute Gasteiger partial charge is 0.478 e. The quantitative estimate of drug-likeness (QED) is 0.778. The van der Waals surface area contributed by atoms with Gasteiger partial charge in [0.1, 0.15) is 0 Å². The Labute approximate surface area is 127 Å². The average Bonchev–Trinajstić information content (AvgIpc) is 2.98. The molecule has 2 N–H and O–H groups in total. The number of hydrogen-bond acceptors (Lipinski definition) is 3. The average molecular weight is 302 g/mol. The molecule has 0 atom stereocenters. The second-order valence-electron chi connectivity index (χ2n) is 4.27. The lowest BCUT2D eigenvalue weighted by Crippen LogP contribution is -1.96. The number of carboxylic acids is 1. The third-order valence-electron chi connectivity index (χ3n) is 3.01. The zero-order valence-electron chi connectivity index (χ0n) is 10.9. The van der Waals surface area contributed by atoms with Gasteiger partial charge < -0.3 is 5.11 Å². The number of nitrogens with one attached hydrogen (secondary N) is 1. The SMILES string of the molecule is Cl.O=C(O)c1cccc(-c2n[nH]cc2-c2ccncc2)c1. The van der Waals surface area contributed by atoms with E-state index in [2.05, 4.69) is 15.2 Å². The number of carboxylic acid groups (broad SMARTS) is 1. The van der Waals surface area contributed by atoms with Gasteiger partial charge in [-0.15, -0.1) is 12.4 Å². The van der Waals surface area contributed by atoms with E-state index in [0.717, 1.165) is 22.4 Å². The summed E-state index contributed by atoms with van der Waals surface area (Å²) in [6.45, 7) is 0. The summed E-state index contributed by atoms with van der Waals surface area (Å²) in [5, 5.41) is 16.1. The molecule has 0 fully saturated rings. The molecule has 0 spiro atoms. The van der Waals surface area contributed by atoms with E-state index < -0.39 is 5.97 Å². The van der Waals surface area contributed by atoms with E-state index in [4.69, 9.17) is 5.11 Å². The summed E-state index contributed by atoms with van der Waals surface area (Å²) < 4.78 is 0. The zero-order valence-corrected chi connectivity index (χ0v) is 11.7. The second-order valence-corrected chi connectivity index (χ2v) is 4.27. The van der Waals surface area contributed by atoms with Crippen LogP contribution in [-0.4, -0.2) is 26.3 Å². The van der Waals surface area contributed by atoms with Crippen LogP contribution in [0.5, 0.6) is 0 Å². The van der Waals surface area contributed by atoms with Gasteiger partial charge >= 0.3 is 5.97 Å². The first-order chi connectivity index (χ1) is 9.75. The van der Waals surface area contributed by atoms with Crippen LogP contribution in [0.3, 0.4) is 0 Å². The Morgan fingerprint density at radius 3 is 2.57 bits per heavy atom. The predicted octanol–water partition coefficient (Wildman–Crippen LogP) is 3.26. The molecule has 106 valence electrons. The van der Waals surface area contributed by atoms with Crippen LogP contribution in [0.15, 0.2) is 55.0 Å². The molecule has 3 aromatic rings. The summed E-state index contributed by atoms with van der Waals surface area (Å²) in [6, 6.07) is 10.5. The number of carbonyl (C=O) groups is 1. The predicted molar refractivity (Wildman–Crippen MR) is 81.5 cm³/mol. The lowest BCUT2D eigenvalue weighted by Gasteiger charge is -2.03. The van der Waals surface area contributed by atoms with Crippen molar-refractivity contribution in [2.45, 2.75) is 0 Å². The topological polar surface area (TPSA) is 78.9 Å². The Hall–Kier alpha value is -2.66. The lowest BCUT2D eigenvalue weighted by molar-refractivity contribution is 0.0697. The fourth-order valence-electron chi connectivity index (χ4n) is 2.06. The Bertz CT molecular complexity index is 756. The number of pyridine rings is 1. The van der Waals surface area contributed by atoms with Crippen LogP contribution in [-0.2, 0) is 0 Å². The Balaban J connectivity index is 0.00000161. The van der Waals surface area contributed by atoms with E-state index in [1.807, 2.05) is 18.2 Å². The maximum absolute atomic E-state index is 11.0. The third kappa shape index (κ3) is 2.93. The molecule has 0 amide bonds. The van der Waals surface area contributed by atoms with Gasteiger partial charge in [0.15, 0.2) is 0 Å². The van der Waals surface area contributed by atoms with Crippen molar-refractivity contribution >= 4 is 18.4 Å². The summed E-state index contributed by atoms with van der Waals surface area (Å²) in [4.78, 5) is 15.0. The monoisotopic (exact) mass is 301 g/mol.